The molecule has 0 aliphatic carbocycles. The van der Waals surface area contributed by atoms with E-state index in [1.807, 2.05) is 62.4 Å². The molecular weight excluding hydrogens is 468 g/mol. The molecule has 150 valence electrons. The molecule has 0 unspecified atom stereocenters. The minimum atomic E-state index is -0.0995. The van der Waals surface area contributed by atoms with E-state index in [2.05, 4.69) is 21.2 Å². The van der Waals surface area contributed by atoms with Gasteiger partial charge >= 0.3 is 0 Å². The van der Waals surface area contributed by atoms with Crippen LogP contribution < -0.4 is 5.32 Å². The third kappa shape index (κ3) is 5.78. The molecule has 29 heavy (non-hydrogen) atoms. The number of hydrogen-bond acceptors (Lipinski definition) is 4. The van der Waals surface area contributed by atoms with Gasteiger partial charge in [0.2, 0.25) is 5.91 Å². The fraction of sp³-hybridized carbons (Fsp3) is 0.227. The minimum absolute atomic E-state index is 0.0656. The number of amides is 2. The molecule has 1 heterocycles. The quantitative estimate of drug-likeness (QED) is 0.419. The van der Waals surface area contributed by atoms with E-state index in [1.54, 1.807) is 4.90 Å². The fourth-order valence-corrected chi connectivity index (χ4v) is 4.42. The Kier molecular flexibility index (Phi) is 7.27. The van der Waals surface area contributed by atoms with Crippen LogP contribution in [0.3, 0.4) is 0 Å². The van der Waals surface area contributed by atoms with Crippen LogP contribution in [-0.2, 0) is 9.59 Å². The Balaban J connectivity index is 1.53. The Bertz CT molecular complexity index is 987. The zero-order valence-corrected chi connectivity index (χ0v) is 19.4. The van der Waals surface area contributed by atoms with Gasteiger partial charge in [0.25, 0.3) is 5.91 Å². The summed E-state index contributed by atoms with van der Waals surface area (Å²) in [6.45, 7) is 4.49. The highest BCUT2D eigenvalue weighted by molar-refractivity contribution is 9.10. The summed E-state index contributed by atoms with van der Waals surface area (Å²) in [5.41, 5.74) is 4.06. The minimum Gasteiger partial charge on any atom is -0.326 e. The van der Waals surface area contributed by atoms with E-state index < -0.39 is 0 Å². The highest BCUT2D eigenvalue weighted by Gasteiger charge is 2.31. The van der Waals surface area contributed by atoms with E-state index in [9.17, 15) is 9.59 Å². The normalized spacial score (nSPS) is 15.3. The standard InChI is InChI=1S/C22H21BrN2O2S2/c1-14-5-10-18(12-15(14)2)24-20(26)4-3-11-25-21(27)19(29-22(25)28)13-16-6-8-17(23)9-7-16/h5-10,12-13H,3-4,11H2,1-2H3,(H,24,26)/b19-13-. The van der Waals surface area contributed by atoms with E-state index >= 15 is 0 Å². The van der Waals surface area contributed by atoms with E-state index in [0.29, 0.717) is 28.6 Å². The first kappa shape index (κ1) is 21.7. The largest absolute Gasteiger partial charge is 0.326 e. The van der Waals surface area contributed by atoms with Crippen molar-refractivity contribution < 1.29 is 9.59 Å². The molecule has 0 atom stereocenters. The molecular formula is C22H21BrN2O2S2. The second kappa shape index (κ2) is 9.69. The molecule has 1 aliphatic heterocycles. The third-order valence-corrected chi connectivity index (χ3v) is 6.52. The summed E-state index contributed by atoms with van der Waals surface area (Å²) in [7, 11) is 0. The van der Waals surface area contributed by atoms with Gasteiger partial charge in [0.1, 0.15) is 4.32 Å². The maximum absolute atomic E-state index is 12.7. The number of aryl methyl sites for hydroxylation is 2. The zero-order valence-electron chi connectivity index (χ0n) is 16.2. The maximum Gasteiger partial charge on any atom is 0.266 e. The van der Waals surface area contributed by atoms with E-state index in [-0.39, 0.29) is 11.8 Å². The number of nitrogens with zero attached hydrogens (tertiary/aromatic N) is 1. The lowest BCUT2D eigenvalue weighted by molar-refractivity contribution is -0.122. The Morgan fingerprint density at radius 2 is 1.90 bits per heavy atom. The number of anilines is 1. The molecule has 2 aromatic rings. The third-order valence-electron chi connectivity index (χ3n) is 4.62. The number of hydrogen-bond donors (Lipinski definition) is 1. The van der Waals surface area contributed by atoms with Crippen molar-refractivity contribution in [3.8, 4) is 0 Å². The molecule has 3 rings (SSSR count). The van der Waals surface area contributed by atoms with E-state index in [0.717, 1.165) is 21.3 Å². The van der Waals surface area contributed by atoms with Crippen molar-refractivity contribution in [1.82, 2.24) is 4.90 Å². The summed E-state index contributed by atoms with van der Waals surface area (Å²) in [5.74, 6) is -0.165. The second-order valence-corrected chi connectivity index (χ2v) is 9.43. The lowest BCUT2D eigenvalue weighted by Gasteiger charge is -2.14. The topological polar surface area (TPSA) is 49.4 Å². The van der Waals surface area contributed by atoms with Gasteiger partial charge in [-0.15, -0.1) is 0 Å². The molecule has 1 N–H and O–H groups in total. The van der Waals surface area contributed by atoms with Gasteiger partial charge in [-0.1, -0.05) is 58.1 Å². The van der Waals surface area contributed by atoms with Gasteiger partial charge in [-0.25, -0.2) is 0 Å². The molecule has 0 spiro atoms. The van der Waals surface area contributed by atoms with Crippen LogP contribution in [0.5, 0.6) is 0 Å². The van der Waals surface area contributed by atoms with Crippen molar-refractivity contribution in [2.45, 2.75) is 26.7 Å². The number of thiocarbonyl (C=S) groups is 1. The Labute approximate surface area is 188 Å². The van der Waals surface area contributed by atoms with Crippen LogP contribution in [0, 0.1) is 13.8 Å². The van der Waals surface area contributed by atoms with Crippen molar-refractivity contribution in [3.63, 3.8) is 0 Å². The molecule has 0 saturated carbocycles. The number of carbonyl (C=O) groups is 2. The van der Waals surface area contributed by atoms with Gasteiger partial charge in [-0.3, -0.25) is 14.5 Å². The number of benzene rings is 2. The molecule has 2 amide bonds. The van der Waals surface area contributed by atoms with E-state index in [1.165, 1.54) is 17.3 Å². The van der Waals surface area contributed by atoms with Crippen LogP contribution in [0.4, 0.5) is 5.69 Å². The van der Waals surface area contributed by atoms with Crippen LogP contribution in [0.1, 0.15) is 29.5 Å². The lowest BCUT2D eigenvalue weighted by Crippen LogP contribution is -2.29. The summed E-state index contributed by atoms with van der Waals surface area (Å²) in [5, 5.41) is 2.91. The Morgan fingerprint density at radius 3 is 2.59 bits per heavy atom. The number of thioether (sulfide) groups is 1. The second-order valence-electron chi connectivity index (χ2n) is 6.84. The van der Waals surface area contributed by atoms with Gasteiger partial charge in [0.05, 0.1) is 4.91 Å². The predicted octanol–water partition coefficient (Wildman–Crippen LogP) is 5.69. The van der Waals surface area contributed by atoms with Gasteiger partial charge < -0.3 is 5.32 Å². The van der Waals surface area contributed by atoms with Crippen molar-refractivity contribution >= 4 is 67.8 Å². The zero-order chi connectivity index (χ0) is 21.0. The van der Waals surface area contributed by atoms with Gasteiger partial charge in [0, 0.05) is 23.1 Å². The molecule has 7 heteroatoms. The summed E-state index contributed by atoms with van der Waals surface area (Å²) >= 11 is 10.1. The van der Waals surface area contributed by atoms with Crippen molar-refractivity contribution in [2.24, 2.45) is 0 Å². The molecule has 1 aliphatic rings. The summed E-state index contributed by atoms with van der Waals surface area (Å²) in [4.78, 5) is 27.1. The smallest absolute Gasteiger partial charge is 0.266 e. The van der Waals surface area contributed by atoms with Crippen molar-refractivity contribution in [3.05, 3.63) is 68.5 Å². The van der Waals surface area contributed by atoms with Crippen molar-refractivity contribution in [2.75, 3.05) is 11.9 Å². The predicted molar refractivity (Wildman–Crippen MR) is 128 cm³/mol. The average Bonchev–Trinajstić information content (AvgIpc) is 2.94. The Morgan fingerprint density at radius 1 is 1.17 bits per heavy atom. The summed E-state index contributed by atoms with van der Waals surface area (Å²) in [6.07, 6.45) is 2.72. The van der Waals surface area contributed by atoms with Gasteiger partial charge in [-0.05, 0) is 67.3 Å². The lowest BCUT2D eigenvalue weighted by atomic mass is 10.1. The van der Waals surface area contributed by atoms with Gasteiger partial charge in [0.15, 0.2) is 0 Å². The monoisotopic (exact) mass is 488 g/mol. The highest BCUT2D eigenvalue weighted by atomic mass is 79.9. The molecule has 2 aromatic carbocycles. The van der Waals surface area contributed by atoms with Crippen LogP contribution in [0.2, 0.25) is 0 Å². The summed E-state index contributed by atoms with van der Waals surface area (Å²) < 4.78 is 1.52. The van der Waals surface area contributed by atoms with Crippen molar-refractivity contribution in [1.29, 1.82) is 0 Å². The SMILES string of the molecule is Cc1ccc(NC(=O)CCCN2C(=O)/C(=C/c3ccc(Br)cc3)SC2=S)cc1C. The maximum atomic E-state index is 12.7. The van der Waals surface area contributed by atoms with E-state index in [4.69, 9.17) is 12.2 Å². The number of halogens is 1. The first-order valence-electron chi connectivity index (χ1n) is 9.21. The average molecular weight is 489 g/mol. The molecule has 1 saturated heterocycles. The van der Waals surface area contributed by atoms with Gasteiger partial charge in [-0.2, -0.15) is 0 Å². The van der Waals surface area contributed by atoms with Crippen LogP contribution in [0.25, 0.3) is 6.08 Å². The molecule has 4 nitrogen and oxygen atoms in total. The molecule has 0 radical (unpaired) electrons. The fourth-order valence-electron chi connectivity index (χ4n) is 2.84. The number of carbonyl (C=O) groups excluding carboxylic acids is 2. The van der Waals surface area contributed by atoms with Crippen LogP contribution in [0.15, 0.2) is 51.8 Å². The molecule has 0 bridgehead atoms. The molecule has 1 fully saturated rings. The summed E-state index contributed by atoms with van der Waals surface area (Å²) in [6, 6.07) is 13.6. The number of nitrogens with one attached hydrogen (secondary N) is 1. The Hall–Kier alpha value is -1.96. The van der Waals surface area contributed by atoms with Crippen LogP contribution in [-0.4, -0.2) is 27.6 Å². The highest BCUT2D eigenvalue weighted by Crippen LogP contribution is 2.32. The molecule has 0 aromatic heterocycles. The first-order valence-corrected chi connectivity index (χ1v) is 11.2. The first-order chi connectivity index (χ1) is 13.8. The number of rotatable bonds is 6. The van der Waals surface area contributed by atoms with Crippen LogP contribution >= 0.6 is 39.9 Å².